The Hall–Kier alpha value is -3.11. The molecule has 0 amide bonds. The molecule has 2 N–H and O–H groups in total. The molecule has 2 aliphatic heterocycles. The summed E-state index contributed by atoms with van der Waals surface area (Å²) in [6.07, 6.45) is 1.04. The molecule has 0 unspecified atom stereocenters. The molecule has 1 aliphatic carbocycles. The van der Waals surface area contributed by atoms with Gasteiger partial charge in [0.15, 0.2) is 5.78 Å². The Balaban J connectivity index is 1.69. The van der Waals surface area contributed by atoms with Crippen molar-refractivity contribution in [3.8, 4) is 6.07 Å². The zero-order valence-corrected chi connectivity index (χ0v) is 19.0. The van der Waals surface area contributed by atoms with E-state index >= 15 is 0 Å². The van der Waals surface area contributed by atoms with E-state index in [-0.39, 0.29) is 11.7 Å². The van der Waals surface area contributed by atoms with Crippen LogP contribution in [0.2, 0.25) is 5.02 Å². The smallest absolute Gasteiger partial charge is 0.162 e. The molecule has 3 aliphatic rings. The van der Waals surface area contributed by atoms with Crippen LogP contribution in [0.5, 0.6) is 0 Å². The van der Waals surface area contributed by atoms with Crippen LogP contribution in [0.25, 0.3) is 0 Å². The number of rotatable bonds is 3. The fraction of sp³-hybridized carbons (Fsp3) is 0.308. The van der Waals surface area contributed by atoms with Crippen molar-refractivity contribution in [3.05, 3.63) is 93.4 Å². The molecule has 5 rings (SSSR count). The molecule has 33 heavy (non-hydrogen) atoms. The van der Waals surface area contributed by atoms with E-state index in [1.807, 2.05) is 41.4 Å². The lowest BCUT2D eigenvalue weighted by atomic mass is 9.72. The van der Waals surface area contributed by atoms with Gasteiger partial charge in [0.1, 0.15) is 5.82 Å². The van der Waals surface area contributed by atoms with E-state index < -0.39 is 5.92 Å². The van der Waals surface area contributed by atoms with Gasteiger partial charge in [-0.2, -0.15) is 5.26 Å². The maximum atomic E-state index is 13.8. The van der Waals surface area contributed by atoms with Crippen molar-refractivity contribution in [2.75, 3.05) is 26.3 Å². The quantitative estimate of drug-likeness (QED) is 0.743. The molecule has 2 atom stereocenters. The number of allylic oxidation sites excluding steroid dienone is 3. The summed E-state index contributed by atoms with van der Waals surface area (Å²) in [4.78, 5) is 13.8. The van der Waals surface area contributed by atoms with Crippen molar-refractivity contribution < 1.29 is 9.53 Å². The summed E-state index contributed by atoms with van der Waals surface area (Å²) < 4.78 is 5.54. The van der Waals surface area contributed by atoms with Gasteiger partial charge in [-0.3, -0.25) is 9.80 Å². The van der Waals surface area contributed by atoms with Gasteiger partial charge in [0.25, 0.3) is 0 Å². The maximum absolute atomic E-state index is 13.8. The number of Topliss-reactive ketones (excluding diaryl/α,β-unsaturated/α-hetero) is 1. The van der Waals surface area contributed by atoms with E-state index in [9.17, 15) is 10.1 Å². The molecule has 1 saturated heterocycles. The highest BCUT2D eigenvalue weighted by molar-refractivity contribution is 6.31. The van der Waals surface area contributed by atoms with Gasteiger partial charge < -0.3 is 10.5 Å². The van der Waals surface area contributed by atoms with Crippen LogP contribution in [0.3, 0.4) is 0 Å². The van der Waals surface area contributed by atoms with Crippen molar-refractivity contribution in [2.24, 2.45) is 5.73 Å². The predicted molar refractivity (Wildman–Crippen MR) is 126 cm³/mol. The van der Waals surface area contributed by atoms with Crippen LogP contribution in [-0.4, -0.2) is 42.1 Å². The van der Waals surface area contributed by atoms with Gasteiger partial charge in [-0.05, 0) is 29.5 Å². The lowest BCUT2D eigenvalue weighted by Crippen LogP contribution is -2.52. The Kier molecular flexibility index (Phi) is 5.94. The van der Waals surface area contributed by atoms with Crippen molar-refractivity contribution in [3.63, 3.8) is 0 Å². The lowest BCUT2D eigenvalue weighted by molar-refractivity contribution is -0.117. The number of nitrogens with two attached hydrogens (primary N) is 1. The topological polar surface area (TPSA) is 82.6 Å². The van der Waals surface area contributed by atoms with E-state index in [0.29, 0.717) is 61.1 Å². The van der Waals surface area contributed by atoms with Crippen LogP contribution in [0.4, 0.5) is 0 Å². The molecule has 0 bridgehead atoms. The highest BCUT2D eigenvalue weighted by Gasteiger charge is 2.44. The summed E-state index contributed by atoms with van der Waals surface area (Å²) in [7, 11) is 0. The monoisotopic (exact) mass is 460 g/mol. The number of hydrogen-bond donors (Lipinski definition) is 1. The number of carbonyl (C=O) groups is 1. The third-order valence-electron chi connectivity index (χ3n) is 6.70. The van der Waals surface area contributed by atoms with E-state index in [1.165, 1.54) is 0 Å². The summed E-state index contributed by atoms with van der Waals surface area (Å²) in [5, 5.41) is 14.7. The van der Waals surface area contributed by atoms with E-state index in [2.05, 4.69) is 23.2 Å². The SMILES string of the molecule is N#CC1=C(N)N(N2CCOCC2)C2=C(C(=O)C[C@H](c3ccccc3)C2)[C@H]1c1ccccc1Cl. The average Bonchev–Trinajstić information content (AvgIpc) is 2.85. The van der Waals surface area contributed by atoms with Crippen LogP contribution in [0.1, 0.15) is 35.8 Å². The summed E-state index contributed by atoms with van der Waals surface area (Å²) in [6, 6.07) is 19.8. The molecule has 1 fully saturated rings. The van der Waals surface area contributed by atoms with E-state index in [0.717, 1.165) is 16.8 Å². The molecule has 7 heteroatoms. The molecule has 0 spiro atoms. The summed E-state index contributed by atoms with van der Waals surface area (Å²) in [5.41, 5.74) is 10.4. The van der Waals surface area contributed by atoms with E-state index in [4.69, 9.17) is 22.1 Å². The minimum absolute atomic E-state index is 0.0357. The van der Waals surface area contributed by atoms with Gasteiger partial charge in [-0.25, -0.2) is 5.01 Å². The van der Waals surface area contributed by atoms with Gasteiger partial charge in [0.05, 0.1) is 30.8 Å². The fourth-order valence-corrected chi connectivity index (χ4v) is 5.41. The Labute approximate surface area is 198 Å². The normalized spacial score (nSPS) is 24.0. The number of ether oxygens (including phenoxy) is 1. The Morgan fingerprint density at radius 3 is 2.42 bits per heavy atom. The van der Waals surface area contributed by atoms with Crippen LogP contribution in [-0.2, 0) is 9.53 Å². The highest BCUT2D eigenvalue weighted by Crippen LogP contribution is 2.49. The molecule has 0 aromatic heterocycles. The zero-order chi connectivity index (χ0) is 22.9. The molecular formula is C26H25ClN4O2. The number of hydrazine groups is 1. The summed E-state index contributed by atoms with van der Waals surface area (Å²) in [6.45, 7) is 2.41. The van der Waals surface area contributed by atoms with Crippen LogP contribution < -0.4 is 5.73 Å². The first-order chi connectivity index (χ1) is 16.1. The van der Waals surface area contributed by atoms with Crippen LogP contribution in [0, 0.1) is 11.3 Å². The summed E-state index contributed by atoms with van der Waals surface area (Å²) >= 11 is 6.57. The molecular weight excluding hydrogens is 436 g/mol. The number of benzene rings is 2. The first-order valence-electron chi connectivity index (χ1n) is 11.2. The number of hydrogen-bond acceptors (Lipinski definition) is 6. The van der Waals surface area contributed by atoms with Crippen molar-refractivity contribution in [2.45, 2.75) is 24.7 Å². The fourth-order valence-electron chi connectivity index (χ4n) is 5.17. The third kappa shape index (κ3) is 3.83. The predicted octanol–water partition coefficient (Wildman–Crippen LogP) is 4.08. The molecule has 2 aromatic rings. The number of halogens is 1. The zero-order valence-electron chi connectivity index (χ0n) is 18.2. The average molecular weight is 461 g/mol. The molecule has 2 aromatic carbocycles. The first-order valence-corrected chi connectivity index (χ1v) is 11.6. The van der Waals surface area contributed by atoms with Gasteiger partial charge in [-0.1, -0.05) is 60.1 Å². The van der Waals surface area contributed by atoms with Gasteiger partial charge in [0, 0.05) is 35.8 Å². The third-order valence-corrected chi connectivity index (χ3v) is 7.04. The van der Waals surface area contributed by atoms with Crippen LogP contribution in [0.15, 0.2) is 77.3 Å². The van der Waals surface area contributed by atoms with Crippen molar-refractivity contribution in [1.29, 1.82) is 5.26 Å². The van der Waals surface area contributed by atoms with Gasteiger partial charge in [0.2, 0.25) is 0 Å². The minimum Gasteiger partial charge on any atom is -0.383 e. The first kappa shape index (κ1) is 21.7. The van der Waals surface area contributed by atoms with Crippen LogP contribution >= 0.6 is 11.6 Å². The molecule has 168 valence electrons. The second-order valence-corrected chi connectivity index (χ2v) is 8.95. The minimum atomic E-state index is -0.569. The molecule has 2 heterocycles. The number of morpholine rings is 1. The maximum Gasteiger partial charge on any atom is 0.162 e. The second kappa shape index (κ2) is 9.03. The number of ketones is 1. The van der Waals surface area contributed by atoms with Gasteiger partial charge >= 0.3 is 0 Å². The Bertz CT molecular complexity index is 1180. The summed E-state index contributed by atoms with van der Waals surface area (Å²) in [5.74, 6) is -0.123. The van der Waals surface area contributed by atoms with Gasteiger partial charge in [-0.15, -0.1) is 0 Å². The molecule has 6 nitrogen and oxygen atoms in total. The van der Waals surface area contributed by atoms with Crippen molar-refractivity contribution in [1.82, 2.24) is 10.0 Å². The Morgan fingerprint density at radius 1 is 1.03 bits per heavy atom. The number of carbonyl (C=O) groups excluding carboxylic acids is 1. The highest BCUT2D eigenvalue weighted by atomic mass is 35.5. The molecule has 0 radical (unpaired) electrons. The molecule has 0 saturated carbocycles. The lowest BCUT2D eigenvalue weighted by Gasteiger charge is -2.47. The standard InChI is InChI=1S/C26H25ClN4O2/c27-21-9-5-4-8-19(21)24-20(16-28)26(29)31(30-10-12-33-13-11-30)22-14-18(15-23(32)25(22)24)17-6-2-1-3-7-17/h1-9,18,24H,10-15,29H2/t18-,24+/m1/s1. The van der Waals surface area contributed by atoms with E-state index in [1.54, 1.807) is 6.07 Å². The second-order valence-electron chi connectivity index (χ2n) is 8.54. The largest absolute Gasteiger partial charge is 0.383 e. The number of nitrogens with zero attached hydrogens (tertiary/aromatic N) is 3. The Morgan fingerprint density at radius 2 is 1.73 bits per heavy atom. The van der Waals surface area contributed by atoms with Crippen molar-refractivity contribution >= 4 is 17.4 Å². The number of nitriles is 1.